The van der Waals surface area contributed by atoms with Crippen LogP contribution in [0.15, 0.2) is 22.7 Å². The molecule has 0 aliphatic carbocycles. The fourth-order valence-corrected chi connectivity index (χ4v) is 2.75. The molecular formula is C13H16BrN3OS. The van der Waals surface area contributed by atoms with Crippen molar-refractivity contribution in [3.8, 4) is 10.9 Å². The van der Waals surface area contributed by atoms with Crippen LogP contribution in [-0.4, -0.2) is 17.2 Å². The molecule has 1 aromatic heterocycles. The smallest absolute Gasteiger partial charge is 0.299 e. The lowest BCUT2D eigenvalue weighted by atomic mass is 10.0. The number of hydrogen-bond donors (Lipinski definition) is 1. The largest absolute Gasteiger partial charge is 0.429 e. The number of rotatable bonds is 5. The second-order valence-electron chi connectivity index (χ2n) is 4.43. The Morgan fingerprint density at radius 1 is 1.37 bits per heavy atom. The summed E-state index contributed by atoms with van der Waals surface area (Å²) in [4.78, 5) is 0. The molecule has 102 valence electrons. The van der Waals surface area contributed by atoms with E-state index < -0.39 is 0 Å². The van der Waals surface area contributed by atoms with Crippen molar-refractivity contribution in [2.75, 3.05) is 7.05 Å². The molecule has 0 bridgehead atoms. The summed E-state index contributed by atoms with van der Waals surface area (Å²) in [5, 5.41) is 12.7. The highest BCUT2D eigenvalue weighted by atomic mass is 79.9. The average molecular weight is 342 g/mol. The van der Waals surface area contributed by atoms with Crippen molar-refractivity contribution >= 4 is 27.3 Å². The van der Waals surface area contributed by atoms with Gasteiger partial charge in [-0.2, -0.15) is 0 Å². The predicted octanol–water partition coefficient (Wildman–Crippen LogP) is 3.94. The lowest BCUT2D eigenvalue weighted by molar-refractivity contribution is 0.464. The Hall–Kier alpha value is -0.980. The molecule has 1 aromatic carbocycles. The molecule has 0 spiro atoms. The summed E-state index contributed by atoms with van der Waals surface area (Å²) in [5.74, 6) is 1.22. The van der Waals surface area contributed by atoms with E-state index in [1.165, 1.54) is 11.3 Å². The molecule has 0 aliphatic rings. The highest BCUT2D eigenvalue weighted by molar-refractivity contribution is 9.10. The minimum absolute atomic E-state index is 0.386. The van der Waals surface area contributed by atoms with Crippen LogP contribution in [0.25, 0.3) is 0 Å². The van der Waals surface area contributed by atoms with Gasteiger partial charge in [-0.15, -0.1) is 5.10 Å². The highest BCUT2D eigenvalue weighted by Gasteiger charge is 2.12. The van der Waals surface area contributed by atoms with Crippen molar-refractivity contribution < 1.29 is 4.74 Å². The Morgan fingerprint density at radius 2 is 2.16 bits per heavy atom. The molecule has 0 radical (unpaired) electrons. The lowest BCUT2D eigenvalue weighted by Crippen LogP contribution is -2.04. The number of ether oxygens (including phenoxy) is 1. The SMILES string of the molecule is CNCc1nnc(Oc2ccc(Br)cc2C(C)C)s1. The normalized spacial score (nSPS) is 11.0. The van der Waals surface area contributed by atoms with E-state index in [0.717, 1.165) is 20.8 Å². The lowest BCUT2D eigenvalue weighted by Gasteiger charge is -2.12. The molecule has 0 amide bonds. The Kier molecular flexibility index (Phi) is 4.90. The van der Waals surface area contributed by atoms with Crippen LogP contribution < -0.4 is 10.1 Å². The summed E-state index contributed by atoms with van der Waals surface area (Å²) in [6.45, 7) is 4.99. The molecule has 0 aliphatic heterocycles. The van der Waals surface area contributed by atoms with E-state index in [0.29, 0.717) is 17.7 Å². The molecule has 0 fully saturated rings. The van der Waals surface area contributed by atoms with E-state index in [-0.39, 0.29) is 0 Å². The molecule has 1 heterocycles. The van der Waals surface area contributed by atoms with E-state index in [1.54, 1.807) is 0 Å². The van der Waals surface area contributed by atoms with Crippen LogP contribution in [0.2, 0.25) is 0 Å². The maximum Gasteiger partial charge on any atom is 0.299 e. The van der Waals surface area contributed by atoms with Crippen molar-refractivity contribution in [1.82, 2.24) is 15.5 Å². The molecule has 4 nitrogen and oxygen atoms in total. The first-order chi connectivity index (χ1) is 9.10. The fraction of sp³-hybridized carbons (Fsp3) is 0.385. The maximum atomic E-state index is 5.85. The third-order valence-electron chi connectivity index (χ3n) is 2.57. The second kappa shape index (κ2) is 6.45. The number of aromatic nitrogens is 2. The van der Waals surface area contributed by atoms with E-state index >= 15 is 0 Å². The third kappa shape index (κ3) is 3.75. The molecule has 2 aromatic rings. The zero-order valence-corrected chi connectivity index (χ0v) is 13.5. The average Bonchev–Trinajstić information content (AvgIpc) is 2.79. The van der Waals surface area contributed by atoms with Gasteiger partial charge in [0.15, 0.2) is 0 Å². The van der Waals surface area contributed by atoms with Gasteiger partial charge in [-0.1, -0.05) is 46.2 Å². The van der Waals surface area contributed by atoms with Gasteiger partial charge in [0.2, 0.25) is 0 Å². The second-order valence-corrected chi connectivity index (χ2v) is 6.37. The monoisotopic (exact) mass is 341 g/mol. The summed E-state index contributed by atoms with van der Waals surface area (Å²) in [5.41, 5.74) is 1.15. The molecule has 0 atom stereocenters. The standard InChI is InChI=1S/C13H16BrN3OS/c1-8(2)10-6-9(14)4-5-11(10)18-13-17-16-12(19-13)7-15-3/h4-6,8,15H,7H2,1-3H3. The van der Waals surface area contributed by atoms with Crippen molar-refractivity contribution in [1.29, 1.82) is 0 Å². The van der Waals surface area contributed by atoms with Crippen molar-refractivity contribution in [2.45, 2.75) is 26.3 Å². The first kappa shape index (κ1) is 14.4. The van der Waals surface area contributed by atoms with Crippen LogP contribution in [0.5, 0.6) is 10.9 Å². The summed E-state index contributed by atoms with van der Waals surface area (Å²) < 4.78 is 6.90. The molecule has 2 rings (SSSR count). The van der Waals surface area contributed by atoms with Crippen LogP contribution in [0.1, 0.15) is 30.3 Å². The molecule has 1 N–H and O–H groups in total. The Bertz CT molecular complexity index is 557. The van der Waals surface area contributed by atoms with Gasteiger partial charge in [0.05, 0.1) is 0 Å². The summed E-state index contributed by atoms with van der Waals surface area (Å²) in [6, 6.07) is 6.00. The topological polar surface area (TPSA) is 47.0 Å². The van der Waals surface area contributed by atoms with E-state index in [4.69, 9.17) is 4.74 Å². The van der Waals surface area contributed by atoms with E-state index in [2.05, 4.69) is 51.4 Å². The van der Waals surface area contributed by atoms with Crippen LogP contribution in [0.4, 0.5) is 0 Å². The third-order valence-corrected chi connectivity index (χ3v) is 3.86. The Balaban J connectivity index is 2.22. The first-order valence-electron chi connectivity index (χ1n) is 6.04. The zero-order valence-electron chi connectivity index (χ0n) is 11.1. The van der Waals surface area contributed by atoms with E-state index in [1.807, 2.05) is 19.2 Å². The van der Waals surface area contributed by atoms with Crippen LogP contribution in [0.3, 0.4) is 0 Å². The summed E-state index contributed by atoms with van der Waals surface area (Å²) >= 11 is 4.94. The van der Waals surface area contributed by atoms with Crippen molar-refractivity contribution in [3.63, 3.8) is 0 Å². The first-order valence-corrected chi connectivity index (χ1v) is 7.65. The predicted molar refractivity (Wildman–Crippen MR) is 81.0 cm³/mol. The minimum atomic E-state index is 0.386. The molecule has 19 heavy (non-hydrogen) atoms. The Morgan fingerprint density at radius 3 is 2.84 bits per heavy atom. The van der Waals surface area contributed by atoms with Gasteiger partial charge in [0.25, 0.3) is 5.19 Å². The zero-order chi connectivity index (χ0) is 13.8. The maximum absolute atomic E-state index is 5.85. The number of nitrogens with zero attached hydrogens (tertiary/aromatic N) is 2. The fourth-order valence-electron chi connectivity index (χ4n) is 1.66. The molecule has 0 saturated heterocycles. The van der Waals surface area contributed by atoms with Gasteiger partial charge in [0, 0.05) is 11.0 Å². The number of nitrogens with one attached hydrogen (secondary N) is 1. The van der Waals surface area contributed by atoms with Crippen molar-refractivity contribution in [2.24, 2.45) is 0 Å². The quantitative estimate of drug-likeness (QED) is 0.894. The molecule has 0 saturated carbocycles. The molecular weight excluding hydrogens is 326 g/mol. The molecule has 0 unspecified atom stereocenters. The van der Waals surface area contributed by atoms with Gasteiger partial charge >= 0.3 is 0 Å². The van der Waals surface area contributed by atoms with Crippen molar-refractivity contribution in [3.05, 3.63) is 33.2 Å². The van der Waals surface area contributed by atoms with Gasteiger partial charge in [-0.05, 0) is 36.7 Å². The minimum Gasteiger partial charge on any atom is -0.429 e. The number of hydrogen-bond acceptors (Lipinski definition) is 5. The summed E-state index contributed by atoms with van der Waals surface area (Å²) in [6.07, 6.45) is 0. The molecule has 6 heteroatoms. The van der Waals surface area contributed by atoms with Gasteiger partial charge in [-0.3, -0.25) is 0 Å². The number of halogens is 1. The van der Waals surface area contributed by atoms with Gasteiger partial charge < -0.3 is 10.1 Å². The summed E-state index contributed by atoms with van der Waals surface area (Å²) in [7, 11) is 1.88. The highest BCUT2D eigenvalue weighted by Crippen LogP contribution is 2.33. The van der Waals surface area contributed by atoms with Crippen LogP contribution >= 0.6 is 27.3 Å². The van der Waals surface area contributed by atoms with Gasteiger partial charge in [-0.25, -0.2) is 0 Å². The number of benzene rings is 1. The van der Waals surface area contributed by atoms with Gasteiger partial charge in [0.1, 0.15) is 10.8 Å². The Labute approximate surface area is 125 Å². The van der Waals surface area contributed by atoms with Crippen LogP contribution in [-0.2, 0) is 6.54 Å². The van der Waals surface area contributed by atoms with E-state index in [9.17, 15) is 0 Å². The van der Waals surface area contributed by atoms with Crippen LogP contribution in [0, 0.1) is 0 Å².